The summed E-state index contributed by atoms with van der Waals surface area (Å²) >= 11 is 0. The van der Waals surface area contributed by atoms with Crippen LogP contribution in [0.15, 0.2) is 30.6 Å². The predicted molar refractivity (Wildman–Crippen MR) is 66.8 cm³/mol. The molecular weight excluding hydrogens is 230 g/mol. The van der Waals surface area contributed by atoms with E-state index in [4.69, 9.17) is 4.74 Å². The Kier molecular flexibility index (Phi) is 3.53. The fourth-order valence-electron chi connectivity index (χ4n) is 1.70. The molecule has 0 aliphatic heterocycles. The number of benzene rings is 1. The van der Waals surface area contributed by atoms with Gasteiger partial charge in [-0.2, -0.15) is 0 Å². The molecule has 0 saturated heterocycles. The number of Topliss-reactive ketones (excluding diaryl/α,β-unsaturated/α-hetero) is 1. The van der Waals surface area contributed by atoms with Crippen molar-refractivity contribution >= 4 is 5.78 Å². The molecule has 5 nitrogen and oxygen atoms in total. The number of ether oxygens (including phenoxy) is 1. The van der Waals surface area contributed by atoms with Crippen LogP contribution in [0.25, 0.3) is 5.69 Å². The Bertz CT molecular complexity index is 563. The molecule has 1 aromatic heterocycles. The van der Waals surface area contributed by atoms with Gasteiger partial charge in [0, 0.05) is 18.4 Å². The molecule has 18 heavy (non-hydrogen) atoms. The first-order valence-corrected chi connectivity index (χ1v) is 5.67. The van der Waals surface area contributed by atoms with Crippen molar-refractivity contribution in [1.82, 2.24) is 14.8 Å². The molecule has 0 bridgehead atoms. The Morgan fingerprint density at radius 3 is 2.89 bits per heavy atom. The van der Waals surface area contributed by atoms with Crippen LogP contribution in [0, 0.1) is 0 Å². The van der Waals surface area contributed by atoms with E-state index >= 15 is 0 Å². The average Bonchev–Trinajstić information content (AvgIpc) is 2.87. The second-order valence-electron chi connectivity index (χ2n) is 4.04. The monoisotopic (exact) mass is 245 g/mol. The number of nitrogens with zero attached hydrogens (tertiary/aromatic N) is 3. The van der Waals surface area contributed by atoms with E-state index in [1.165, 1.54) is 0 Å². The molecule has 5 heteroatoms. The molecule has 0 aliphatic rings. The molecule has 1 heterocycles. The normalized spacial score (nSPS) is 12.4. The maximum absolute atomic E-state index is 11.4. The second-order valence-corrected chi connectivity index (χ2v) is 4.04. The maximum Gasteiger partial charge on any atom is 0.166 e. The van der Waals surface area contributed by atoms with Gasteiger partial charge in [-0.25, -0.2) is 0 Å². The van der Waals surface area contributed by atoms with Crippen molar-refractivity contribution in [3.05, 3.63) is 42.0 Å². The molecule has 0 spiro atoms. The Morgan fingerprint density at radius 2 is 2.22 bits per heavy atom. The number of rotatable bonds is 4. The Labute approximate surface area is 105 Å². The molecular formula is C13H15N3O2. The van der Waals surface area contributed by atoms with Gasteiger partial charge in [0.1, 0.15) is 12.4 Å². The summed E-state index contributed by atoms with van der Waals surface area (Å²) in [5, 5.41) is 7.93. The van der Waals surface area contributed by atoms with E-state index in [1.54, 1.807) is 26.4 Å². The van der Waals surface area contributed by atoms with Crippen molar-refractivity contribution in [3.8, 4) is 5.69 Å². The first kappa shape index (κ1) is 12.4. The summed E-state index contributed by atoms with van der Waals surface area (Å²) in [4.78, 5) is 11.4. The van der Waals surface area contributed by atoms with Crippen LogP contribution in [0.1, 0.15) is 36.1 Å². The minimum Gasteiger partial charge on any atom is -0.374 e. The van der Waals surface area contributed by atoms with Gasteiger partial charge < -0.3 is 4.74 Å². The minimum absolute atomic E-state index is 0.0336. The molecule has 0 fully saturated rings. The third-order valence-corrected chi connectivity index (χ3v) is 2.82. The fourth-order valence-corrected chi connectivity index (χ4v) is 1.70. The lowest BCUT2D eigenvalue weighted by atomic mass is 10.1. The van der Waals surface area contributed by atoms with Gasteiger partial charge in [0.15, 0.2) is 11.6 Å². The number of methoxy groups -OCH3 is 1. The topological polar surface area (TPSA) is 57.0 Å². The molecule has 2 aromatic rings. The summed E-state index contributed by atoms with van der Waals surface area (Å²) in [5.41, 5.74) is 1.52. The smallest absolute Gasteiger partial charge is 0.166 e. The van der Waals surface area contributed by atoms with Crippen LogP contribution in [0.4, 0.5) is 0 Å². The number of hydrogen-bond acceptors (Lipinski definition) is 4. The molecule has 0 amide bonds. The first-order valence-electron chi connectivity index (χ1n) is 5.67. The number of carbonyl (C=O) groups excluding carboxylic acids is 1. The summed E-state index contributed by atoms with van der Waals surface area (Å²) in [7, 11) is 1.62. The lowest BCUT2D eigenvalue weighted by Gasteiger charge is -2.11. The molecule has 0 radical (unpaired) electrons. The van der Waals surface area contributed by atoms with Crippen LogP contribution in [0.3, 0.4) is 0 Å². The molecule has 1 atom stereocenters. The highest BCUT2D eigenvalue weighted by molar-refractivity contribution is 5.94. The van der Waals surface area contributed by atoms with Crippen LogP contribution >= 0.6 is 0 Å². The summed E-state index contributed by atoms with van der Waals surface area (Å²) in [6, 6.07) is 7.35. The second kappa shape index (κ2) is 5.10. The quantitative estimate of drug-likeness (QED) is 0.775. The minimum atomic E-state index is -0.159. The maximum atomic E-state index is 11.4. The van der Waals surface area contributed by atoms with Gasteiger partial charge in [-0.1, -0.05) is 12.1 Å². The molecule has 2 rings (SSSR count). The zero-order valence-corrected chi connectivity index (χ0v) is 10.6. The lowest BCUT2D eigenvalue weighted by molar-refractivity contribution is 0.101. The Morgan fingerprint density at radius 1 is 1.44 bits per heavy atom. The van der Waals surface area contributed by atoms with E-state index in [0.29, 0.717) is 11.4 Å². The summed E-state index contributed by atoms with van der Waals surface area (Å²) in [6.45, 7) is 3.44. The van der Waals surface area contributed by atoms with Gasteiger partial charge in [0.05, 0.1) is 0 Å². The highest BCUT2D eigenvalue weighted by Gasteiger charge is 2.14. The van der Waals surface area contributed by atoms with Crippen molar-refractivity contribution < 1.29 is 9.53 Å². The van der Waals surface area contributed by atoms with Crippen LogP contribution in [-0.2, 0) is 4.74 Å². The van der Waals surface area contributed by atoms with Gasteiger partial charge in [-0.05, 0) is 26.0 Å². The molecule has 94 valence electrons. The van der Waals surface area contributed by atoms with Crippen LogP contribution in [0.5, 0.6) is 0 Å². The van der Waals surface area contributed by atoms with Gasteiger partial charge in [-0.3, -0.25) is 9.36 Å². The van der Waals surface area contributed by atoms with Gasteiger partial charge in [0.25, 0.3) is 0 Å². The van der Waals surface area contributed by atoms with Gasteiger partial charge in [-0.15, -0.1) is 10.2 Å². The average molecular weight is 245 g/mol. The zero-order valence-electron chi connectivity index (χ0n) is 10.6. The van der Waals surface area contributed by atoms with E-state index in [0.717, 1.165) is 5.69 Å². The van der Waals surface area contributed by atoms with Crippen LogP contribution in [0.2, 0.25) is 0 Å². The molecule has 0 aliphatic carbocycles. The SMILES string of the molecule is CO[C@@H](C)c1nncn1-c1cccc(C(C)=O)c1. The molecule has 1 aromatic carbocycles. The van der Waals surface area contributed by atoms with E-state index < -0.39 is 0 Å². The van der Waals surface area contributed by atoms with E-state index in [-0.39, 0.29) is 11.9 Å². The highest BCUT2D eigenvalue weighted by atomic mass is 16.5. The van der Waals surface area contributed by atoms with E-state index in [1.807, 2.05) is 29.7 Å². The number of aromatic nitrogens is 3. The molecule has 0 N–H and O–H groups in total. The number of carbonyl (C=O) groups is 1. The Balaban J connectivity index is 2.46. The summed E-state index contributed by atoms with van der Waals surface area (Å²) in [5.74, 6) is 0.740. The van der Waals surface area contributed by atoms with Crippen molar-refractivity contribution in [2.45, 2.75) is 20.0 Å². The number of hydrogen-bond donors (Lipinski definition) is 0. The van der Waals surface area contributed by atoms with Gasteiger partial charge in [0.2, 0.25) is 0 Å². The van der Waals surface area contributed by atoms with E-state index in [2.05, 4.69) is 10.2 Å². The van der Waals surface area contributed by atoms with Crippen molar-refractivity contribution in [2.75, 3.05) is 7.11 Å². The van der Waals surface area contributed by atoms with Crippen LogP contribution in [-0.4, -0.2) is 27.7 Å². The highest BCUT2D eigenvalue weighted by Crippen LogP contribution is 2.18. The third-order valence-electron chi connectivity index (χ3n) is 2.82. The van der Waals surface area contributed by atoms with Crippen molar-refractivity contribution in [1.29, 1.82) is 0 Å². The third kappa shape index (κ3) is 2.31. The molecule has 0 unspecified atom stereocenters. The van der Waals surface area contributed by atoms with E-state index in [9.17, 15) is 4.79 Å². The fraction of sp³-hybridized carbons (Fsp3) is 0.308. The number of ketones is 1. The summed E-state index contributed by atoms with van der Waals surface area (Å²) < 4.78 is 7.06. The van der Waals surface area contributed by atoms with Crippen molar-refractivity contribution in [3.63, 3.8) is 0 Å². The molecule has 0 saturated carbocycles. The van der Waals surface area contributed by atoms with Crippen LogP contribution < -0.4 is 0 Å². The predicted octanol–water partition coefficient (Wildman–Crippen LogP) is 2.18. The first-order chi connectivity index (χ1) is 8.63. The largest absolute Gasteiger partial charge is 0.374 e. The standard InChI is InChI=1S/C13H15N3O2/c1-9(17)11-5-4-6-12(7-11)16-8-14-15-13(16)10(2)18-3/h4-8,10H,1-3H3/t10-/m0/s1. The summed E-state index contributed by atoms with van der Waals surface area (Å²) in [6.07, 6.45) is 1.46. The zero-order chi connectivity index (χ0) is 13.1. The lowest BCUT2D eigenvalue weighted by Crippen LogP contribution is -2.07. The Hall–Kier alpha value is -2.01. The van der Waals surface area contributed by atoms with Gasteiger partial charge >= 0.3 is 0 Å². The van der Waals surface area contributed by atoms with Crippen molar-refractivity contribution in [2.24, 2.45) is 0 Å².